The SMILES string of the molecule is BC(CCCC)(C(=O)O)C1CCN(Cc2ccc3ccccc3c2)CC1. The normalized spacial score (nSPS) is 18.7. The molecular formula is C22H30BNO2. The highest BCUT2D eigenvalue weighted by molar-refractivity contribution is 6.27. The first-order valence-corrected chi connectivity index (χ1v) is 9.96. The summed E-state index contributed by atoms with van der Waals surface area (Å²) in [5.41, 5.74) is 1.34. The van der Waals surface area contributed by atoms with Gasteiger partial charge in [0.15, 0.2) is 0 Å². The van der Waals surface area contributed by atoms with Crippen molar-refractivity contribution in [2.45, 2.75) is 50.9 Å². The van der Waals surface area contributed by atoms with Gasteiger partial charge in [0.1, 0.15) is 7.85 Å². The molecule has 2 aromatic rings. The van der Waals surface area contributed by atoms with E-state index in [2.05, 4.69) is 54.3 Å². The van der Waals surface area contributed by atoms with Crippen LogP contribution in [0.25, 0.3) is 10.8 Å². The van der Waals surface area contributed by atoms with Gasteiger partial charge in [-0.15, -0.1) is 0 Å². The summed E-state index contributed by atoms with van der Waals surface area (Å²) in [5.74, 6) is -0.321. The molecule has 26 heavy (non-hydrogen) atoms. The van der Waals surface area contributed by atoms with Crippen LogP contribution < -0.4 is 0 Å². The lowest BCUT2D eigenvalue weighted by Crippen LogP contribution is -2.41. The quantitative estimate of drug-likeness (QED) is 0.763. The minimum absolute atomic E-state index is 0.291. The molecule has 3 nitrogen and oxygen atoms in total. The fraction of sp³-hybridized carbons (Fsp3) is 0.500. The van der Waals surface area contributed by atoms with E-state index in [4.69, 9.17) is 0 Å². The monoisotopic (exact) mass is 351 g/mol. The predicted octanol–water partition coefficient (Wildman–Crippen LogP) is 4.12. The minimum Gasteiger partial charge on any atom is -0.481 e. The van der Waals surface area contributed by atoms with Crippen molar-refractivity contribution in [3.05, 3.63) is 48.0 Å². The Morgan fingerprint density at radius 3 is 2.54 bits per heavy atom. The number of aliphatic carboxylic acids is 1. The number of likely N-dealkylation sites (tertiary alicyclic amines) is 1. The third kappa shape index (κ3) is 4.12. The van der Waals surface area contributed by atoms with Crippen LogP contribution in [0.2, 0.25) is 5.31 Å². The summed E-state index contributed by atoms with van der Waals surface area (Å²) >= 11 is 0. The molecule has 1 heterocycles. The Labute approximate surface area is 157 Å². The molecule has 138 valence electrons. The molecule has 0 aromatic heterocycles. The molecule has 0 amide bonds. The van der Waals surface area contributed by atoms with Crippen molar-refractivity contribution in [2.24, 2.45) is 5.92 Å². The highest BCUT2D eigenvalue weighted by Crippen LogP contribution is 2.43. The summed E-state index contributed by atoms with van der Waals surface area (Å²) in [7, 11) is 1.97. The smallest absolute Gasteiger partial charge is 0.301 e. The van der Waals surface area contributed by atoms with Crippen LogP contribution in [0, 0.1) is 5.92 Å². The van der Waals surface area contributed by atoms with Crippen molar-refractivity contribution in [1.29, 1.82) is 0 Å². The molecule has 0 radical (unpaired) electrons. The molecule has 0 saturated carbocycles. The molecule has 1 fully saturated rings. The Balaban J connectivity index is 1.61. The van der Waals surface area contributed by atoms with Gasteiger partial charge in [-0.2, -0.15) is 0 Å². The maximum atomic E-state index is 11.9. The summed E-state index contributed by atoms with van der Waals surface area (Å²) in [6, 6.07) is 15.2. The van der Waals surface area contributed by atoms with Gasteiger partial charge in [-0.1, -0.05) is 56.2 Å². The van der Waals surface area contributed by atoms with Crippen LogP contribution >= 0.6 is 0 Å². The van der Waals surface area contributed by atoms with Crippen molar-refractivity contribution in [3.63, 3.8) is 0 Å². The third-order valence-corrected chi connectivity index (χ3v) is 6.25. The lowest BCUT2D eigenvalue weighted by atomic mass is 9.56. The molecule has 1 aliphatic rings. The zero-order valence-corrected chi connectivity index (χ0v) is 16.1. The van der Waals surface area contributed by atoms with Crippen molar-refractivity contribution < 1.29 is 9.90 Å². The minimum atomic E-state index is -0.612. The highest BCUT2D eigenvalue weighted by atomic mass is 16.4. The average Bonchev–Trinajstić information content (AvgIpc) is 2.66. The van der Waals surface area contributed by atoms with Crippen LogP contribution in [0.3, 0.4) is 0 Å². The number of rotatable bonds is 7. The number of carboxylic acid groups (broad SMARTS) is 1. The van der Waals surface area contributed by atoms with Gasteiger partial charge in [-0.25, -0.2) is 0 Å². The number of fused-ring (bicyclic) bond motifs is 1. The van der Waals surface area contributed by atoms with Crippen molar-refractivity contribution in [1.82, 2.24) is 4.90 Å². The van der Waals surface area contributed by atoms with E-state index in [0.717, 1.165) is 51.7 Å². The first kappa shape index (κ1) is 19.0. The first-order chi connectivity index (χ1) is 12.5. The molecule has 0 bridgehead atoms. The summed E-state index contributed by atoms with van der Waals surface area (Å²) in [6.07, 6.45) is 4.83. The van der Waals surface area contributed by atoms with E-state index in [0.29, 0.717) is 5.92 Å². The molecule has 1 unspecified atom stereocenters. The number of hydrogen-bond acceptors (Lipinski definition) is 2. The van der Waals surface area contributed by atoms with Crippen LogP contribution in [0.15, 0.2) is 42.5 Å². The van der Waals surface area contributed by atoms with Gasteiger partial charge >= 0.3 is 5.97 Å². The second kappa shape index (κ2) is 8.26. The maximum Gasteiger partial charge on any atom is 0.301 e. The molecule has 1 atom stereocenters. The van der Waals surface area contributed by atoms with E-state index in [-0.39, 0.29) is 0 Å². The predicted molar refractivity (Wildman–Crippen MR) is 110 cm³/mol. The van der Waals surface area contributed by atoms with Gasteiger partial charge in [0.05, 0.1) is 0 Å². The number of hydrogen-bond donors (Lipinski definition) is 1. The van der Waals surface area contributed by atoms with Crippen molar-refractivity contribution in [3.8, 4) is 0 Å². The summed E-state index contributed by atoms with van der Waals surface area (Å²) < 4.78 is 0. The van der Waals surface area contributed by atoms with Crippen molar-refractivity contribution in [2.75, 3.05) is 13.1 Å². The van der Waals surface area contributed by atoms with Crippen LogP contribution in [-0.4, -0.2) is 36.9 Å². The second-order valence-corrected chi connectivity index (χ2v) is 8.06. The van der Waals surface area contributed by atoms with Gasteiger partial charge in [0.2, 0.25) is 0 Å². The molecule has 1 saturated heterocycles. The Morgan fingerprint density at radius 1 is 1.19 bits per heavy atom. The Morgan fingerprint density at radius 2 is 1.88 bits per heavy atom. The average molecular weight is 351 g/mol. The number of carbonyl (C=O) groups is 1. The highest BCUT2D eigenvalue weighted by Gasteiger charge is 2.41. The number of nitrogens with zero attached hydrogens (tertiary/aromatic N) is 1. The molecule has 4 heteroatoms. The number of unbranched alkanes of at least 4 members (excludes halogenated alkanes) is 1. The largest absolute Gasteiger partial charge is 0.481 e. The second-order valence-electron chi connectivity index (χ2n) is 8.06. The zero-order valence-electron chi connectivity index (χ0n) is 16.1. The topological polar surface area (TPSA) is 40.5 Å². The molecular weight excluding hydrogens is 321 g/mol. The van der Waals surface area contributed by atoms with E-state index >= 15 is 0 Å². The Kier molecular flexibility index (Phi) is 6.03. The maximum absolute atomic E-state index is 11.9. The summed E-state index contributed by atoms with van der Waals surface area (Å²) in [5, 5.41) is 11.8. The summed E-state index contributed by atoms with van der Waals surface area (Å²) in [4.78, 5) is 14.4. The molecule has 1 aliphatic heterocycles. The van der Waals surface area contributed by atoms with E-state index in [1.807, 2.05) is 7.85 Å². The first-order valence-electron chi connectivity index (χ1n) is 9.96. The van der Waals surface area contributed by atoms with Gasteiger partial charge in [0, 0.05) is 11.9 Å². The molecule has 2 aromatic carbocycles. The fourth-order valence-corrected chi connectivity index (χ4v) is 4.35. The Bertz CT molecular complexity index is 755. The van der Waals surface area contributed by atoms with E-state index in [1.54, 1.807) is 0 Å². The van der Waals surface area contributed by atoms with Crippen LogP contribution in [0.4, 0.5) is 0 Å². The molecule has 1 N–H and O–H groups in total. The van der Waals surface area contributed by atoms with Gasteiger partial charge in [0.25, 0.3) is 0 Å². The van der Waals surface area contributed by atoms with Crippen LogP contribution in [0.1, 0.15) is 44.6 Å². The van der Waals surface area contributed by atoms with Gasteiger partial charge in [-0.05, 0) is 60.7 Å². The van der Waals surface area contributed by atoms with Crippen LogP contribution in [-0.2, 0) is 11.3 Å². The van der Waals surface area contributed by atoms with E-state index in [9.17, 15) is 9.90 Å². The number of benzene rings is 2. The fourth-order valence-electron chi connectivity index (χ4n) is 4.35. The molecule has 0 aliphatic carbocycles. The van der Waals surface area contributed by atoms with E-state index in [1.165, 1.54) is 16.3 Å². The van der Waals surface area contributed by atoms with Gasteiger partial charge < -0.3 is 5.11 Å². The third-order valence-electron chi connectivity index (χ3n) is 6.25. The standard InChI is InChI=1S/C22H30BNO2/c1-2-3-12-22(23,21(25)26)20-10-13-24(14-11-20)16-17-8-9-18-6-4-5-7-19(18)15-17/h4-9,15,20H,2-3,10-14,16,23H2,1H3,(H,25,26). The van der Waals surface area contributed by atoms with Gasteiger partial charge in [-0.3, -0.25) is 9.69 Å². The number of piperidine rings is 1. The number of carboxylic acids is 1. The summed E-state index contributed by atoms with van der Waals surface area (Å²) in [6.45, 7) is 5.07. The molecule has 3 rings (SSSR count). The van der Waals surface area contributed by atoms with Crippen LogP contribution in [0.5, 0.6) is 0 Å². The molecule has 0 spiro atoms. The van der Waals surface area contributed by atoms with Crippen molar-refractivity contribution >= 4 is 24.6 Å². The zero-order chi connectivity index (χ0) is 18.6. The Hall–Kier alpha value is -1.81. The lowest BCUT2D eigenvalue weighted by molar-refractivity contribution is -0.143. The van der Waals surface area contributed by atoms with E-state index < -0.39 is 11.3 Å². The lowest BCUT2D eigenvalue weighted by Gasteiger charge is -2.40.